The molecule has 2 aliphatic rings. The van der Waals surface area contributed by atoms with Crippen molar-refractivity contribution in [2.24, 2.45) is 11.8 Å². The van der Waals surface area contributed by atoms with Crippen LogP contribution in [-0.2, 0) is 9.59 Å². The second-order valence-corrected chi connectivity index (χ2v) is 8.36. The highest BCUT2D eigenvalue weighted by Crippen LogP contribution is 2.49. The number of hydrogen-bond acceptors (Lipinski definition) is 3. The third-order valence-electron chi connectivity index (χ3n) is 5.49. The smallest absolute Gasteiger partial charge is 0.230 e. The summed E-state index contributed by atoms with van der Waals surface area (Å²) >= 11 is 3.31. The van der Waals surface area contributed by atoms with Crippen molar-refractivity contribution in [3.8, 4) is 0 Å². The summed E-state index contributed by atoms with van der Waals surface area (Å²) in [5.74, 6) is -0.309. The number of pyridine rings is 1. The fraction of sp³-hybridized carbons (Fsp3) is 0.381. The van der Waals surface area contributed by atoms with E-state index < -0.39 is 0 Å². The number of aromatic nitrogens is 1. The molecule has 5 nitrogen and oxygen atoms in total. The van der Waals surface area contributed by atoms with Crippen LogP contribution in [0.4, 0.5) is 10.2 Å². The topological polar surface area (TPSA) is 62.3 Å². The number of carbonyl (C=O) groups excluding carboxylic acids is 2. The summed E-state index contributed by atoms with van der Waals surface area (Å²) < 4.78 is 14.8. The maximum absolute atomic E-state index is 14.0. The molecule has 1 aliphatic carbocycles. The molecule has 2 heterocycles. The normalized spacial score (nSPS) is 23.9. The summed E-state index contributed by atoms with van der Waals surface area (Å²) in [5, 5.41) is 2.83. The zero-order chi connectivity index (χ0) is 19.7. The van der Waals surface area contributed by atoms with Crippen molar-refractivity contribution >= 4 is 33.6 Å². The lowest BCUT2D eigenvalue weighted by atomic mass is 9.96. The van der Waals surface area contributed by atoms with Crippen molar-refractivity contribution < 1.29 is 14.0 Å². The van der Waals surface area contributed by atoms with Gasteiger partial charge in [-0.05, 0) is 64.9 Å². The van der Waals surface area contributed by atoms with Gasteiger partial charge < -0.3 is 10.2 Å². The van der Waals surface area contributed by atoms with E-state index in [0.717, 1.165) is 17.3 Å². The molecule has 7 heteroatoms. The highest BCUT2D eigenvalue weighted by Gasteiger charge is 2.47. The lowest BCUT2D eigenvalue weighted by Crippen LogP contribution is -2.44. The zero-order valence-corrected chi connectivity index (χ0v) is 16.9. The van der Waals surface area contributed by atoms with Crippen molar-refractivity contribution in [3.63, 3.8) is 0 Å². The van der Waals surface area contributed by atoms with Gasteiger partial charge in [0.1, 0.15) is 11.6 Å². The van der Waals surface area contributed by atoms with Gasteiger partial charge in [0.2, 0.25) is 11.8 Å². The van der Waals surface area contributed by atoms with E-state index in [1.807, 2.05) is 6.07 Å². The molecule has 1 aromatic carbocycles. The molecule has 1 aromatic heterocycles. The fourth-order valence-electron chi connectivity index (χ4n) is 3.89. The summed E-state index contributed by atoms with van der Waals surface area (Å²) in [6.45, 7) is 1.06. The van der Waals surface area contributed by atoms with Crippen LogP contribution in [0.3, 0.4) is 0 Å². The third-order valence-corrected chi connectivity index (χ3v) is 5.96. The monoisotopic (exact) mass is 445 g/mol. The van der Waals surface area contributed by atoms with Gasteiger partial charge in [-0.25, -0.2) is 9.37 Å². The minimum absolute atomic E-state index is 0.0347. The van der Waals surface area contributed by atoms with E-state index in [1.54, 1.807) is 35.4 Å². The van der Waals surface area contributed by atoms with Gasteiger partial charge in [0.15, 0.2) is 0 Å². The molecule has 2 amide bonds. The minimum Gasteiger partial charge on any atom is -0.342 e. The first-order valence-corrected chi connectivity index (χ1v) is 10.3. The average Bonchev–Trinajstić information content (AvgIpc) is 3.50. The maximum atomic E-state index is 14.0. The van der Waals surface area contributed by atoms with Gasteiger partial charge in [-0.1, -0.05) is 18.2 Å². The van der Waals surface area contributed by atoms with E-state index in [0.29, 0.717) is 30.9 Å². The summed E-state index contributed by atoms with van der Waals surface area (Å²) in [7, 11) is 0. The van der Waals surface area contributed by atoms with Crippen LogP contribution in [0.5, 0.6) is 0 Å². The number of amides is 2. The third kappa shape index (κ3) is 4.09. The molecular weight excluding hydrogens is 425 g/mol. The highest BCUT2D eigenvalue weighted by molar-refractivity contribution is 9.10. The van der Waals surface area contributed by atoms with Crippen LogP contribution in [0, 0.1) is 17.7 Å². The molecule has 28 heavy (non-hydrogen) atoms. The first kappa shape index (κ1) is 19.1. The number of anilines is 1. The number of piperidine rings is 1. The number of benzene rings is 1. The number of nitrogens with one attached hydrogen (secondary N) is 1. The van der Waals surface area contributed by atoms with Crippen LogP contribution in [0.1, 0.15) is 30.7 Å². The van der Waals surface area contributed by atoms with E-state index in [2.05, 4.69) is 26.2 Å². The zero-order valence-electron chi connectivity index (χ0n) is 15.3. The van der Waals surface area contributed by atoms with Gasteiger partial charge in [0, 0.05) is 29.7 Å². The van der Waals surface area contributed by atoms with Gasteiger partial charge in [0.05, 0.1) is 5.92 Å². The molecule has 0 spiro atoms. The molecular formula is C21H21BrFN3O2. The van der Waals surface area contributed by atoms with Gasteiger partial charge in [0.25, 0.3) is 0 Å². The Morgan fingerprint density at radius 3 is 2.79 bits per heavy atom. The molecule has 1 saturated carbocycles. The largest absolute Gasteiger partial charge is 0.342 e. The van der Waals surface area contributed by atoms with Crippen molar-refractivity contribution in [2.75, 3.05) is 18.4 Å². The summed E-state index contributed by atoms with van der Waals surface area (Å²) in [4.78, 5) is 31.4. The molecule has 4 rings (SSSR count). The quantitative estimate of drug-likeness (QED) is 0.774. The number of hydrogen-bond donors (Lipinski definition) is 1. The summed E-state index contributed by atoms with van der Waals surface area (Å²) in [6, 6.07) is 10.2. The van der Waals surface area contributed by atoms with Crippen LogP contribution in [0.25, 0.3) is 0 Å². The van der Waals surface area contributed by atoms with Gasteiger partial charge in [-0.2, -0.15) is 0 Å². The Labute approximate surface area is 171 Å². The van der Waals surface area contributed by atoms with E-state index in [1.165, 1.54) is 6.07 Å². The average molecular weight is 446 g/mol. The molecule has 3 atom stereocenters. The second-order valence-electron chi connectivity index (χ2n) is 7.44. The standard InChI is InChI=1S/C21H21BrFN3O2/c22-14-7-8-19(24-11-14)25-20(27)13-4-3-9-26(12-13)21(28)17-10-16(17)15-5-1-2-6-18(15)23/h1-2,5-8,11,13,16-17H,3-4,9-10,12H2,(H,24,25,27). The second kappa shape index (κ2) is 7.99. The minimum atomic E-state index is -0.256. The molecule has 3 unspecified atom stereocenters. The Morgan fingerprint density at radius 2 is 2.04 bits per heavy atom. The Hall–Kier alpha value is -2.28. The van der Waals surface area contributed by atoms with E-state index in [4.69, 9.17) is 0 Å². The molecule has 2 fully saturated rings. The Morgan fingerprint density at radius 1 is 1.21 bits per heavy atom. The molecule has 0 radical (unpaired) electrons. The number of likely N-dealkylation sites (tertiary alicyclic amines) is 1. The molecule has 1 N–H and O–H groups in total. The van der Waals surface area contributed by atoms with Crippen LogP contribution in [-0.4, -0.2) is 34.8 Å². The molecule has 0 bridgehead atoms. The summed E-state index contributed by atoms with van der Waals surface area (Å²) in [5.41, 5.74) is 0.619. The van der Waals surface area contributed by atoms with Crippen LogP contribution in [0.2, 0.25) is 0 Å². The first-order valence-electron chi connectivity index (χ1n) is 9.48. The lowest BCUT2D eigenvalue weighted by molar-refractivity contribution is -0.135. The molecule has 2 aromatic rings. The van der Waals surface area contributed by atoms with Crippen LogP contribution < -0.4 is 5.32 Å². The van der Waals surface area contributed by atoms with E-state index in [9.17, 15) is 14.0 Å². The van der Waals surface area contributed by atoms with Crippen molar-refractivity contribution in [3.05, 3.63) is 58.4 Å². The number of carbonyl (C=O) groups is 2. The highest BCUT2D eigenvalue weighted by atomic mass is 79.9. The maximum Gasteiger partial charge on any atom is 0.230 e. The SMILES string of the molecule is O=C(Nc1ccc(Br)cn1)C1CCCN(C(=O)C2CC2c2ccccc2F)C1. The number of rotatable bonds is 4. The first-order chi connectivity index (χ1) is 13.5. The van der Waals surface area contributed by atoms with Crippen molar-refractivity contribution in [1.29, 1.82) is 0 Å². The van der Waals surface area contributed by atoms with Gasteiger partial charge in [-0.3, -0.25) is 9.59 Å². The fourth-order valence-corrected chi connectivity index (χ4v) is 4.13. The van der Waals surface area contributed by atoms with Crippen molar-refractivity contribution in [2.45, 2.75) is 25.2 Å². The summed E-state index contributed by atoms with van der Waals surface area (Å²) in [6.07, 6.45) is 3.83. The predicted molar refractivity (Wildman–Crippen MR) is 107 cm³/mol. The van der Waals surface area contributed by atoms with Crippen molar-refractivity contribution in [1.82, 2.24) is 9.88 Å². The molecule has 1 aliphatic heterocycles. The Balaban J connectivity index is 1.36. The van der Waals surface area contributed by atoms with Gasteiger partial charge >= 0.3 is 0 Å². The van der Waals surface area contributed by atoms with E-state index in [-0.39, 0.29) is 35.4 Å². The Kier molecular flexibility index (Phi) is 5.44. The van der Waals surface area contributed by atoms with E-state index >= 15 is 0 Å². The molecule has 146 valence electrons. The molecule has 1 saturated heterocycles. The lowest BCUT2D eigenvalue weighted by Gasteiger charge is -2.32. The van der Waals surface area contributed by atoms with Crippen LogP contribution >= 0.6 is 15.9 Å². The van der Waals surface area contributed by atoms with Gasteiger partial charge in [-0.15, -0.1) is 0 Å². The number of nitrogens with zero attached hydrogens (tertiary/aromatic N) is 2. The number of halogens is 2. The predicted octanol–water partition coefficient (Wildman–Crippen LogP) is 3.96. The Bertz CT molecular complexity index is 889. The van der Waals surface area contributed by atoms with Crippen LogP contribution in [0.15, 0.2) is 47.1 Å².